The number of aliphatic hydroxyl groups excluding tert-OH is 2. The van der Waals surface area contributed by atoms with Gasteiger partial charge in [-0.2, -0.15) is 14.4 Å². The first-order valence-corrected chi connectivity index (χ1v) is 14.3. The van der Waals surface area contributed by atoms with Crippen LogP contribution in [0.4, 0.5) is 5.95 Å². The Morgan fingerprint density at radius 2 is 1.55 bits per heavy atom. The SMILES string of the molecule is CC(C)(C)C(=O)OCO[P+](O)(OCOC(=O)C(C)(C)C)OCC1CCC(n2cnc3c(=O)[nH]c(N)nc32)O1.CO.CO. The van der Waals surface area contributed by atoms with Gasteiger partial charge in [0.05, 0.1) is 23.3 Å². The molecule has 3 rings (SSSR count). The number of nitrogen functional groups attached to an aromatic ring is 1. The average molecular weight is 625 g/mol. The molecule has 2 aromatic rings. The summed E-state index contributed by atoms with van der Waals surface area (Å²) in [5.74, 6) is -1.18. The molecule has 2 aromatic heterocycles. The summed E-state index contributed by atoms with van der Waals surface area (Å²) >= 11 is 0. The number of imidazole rings is 1. The van der Waals surface area contributed by atoms with Gasteiger partial charge in [-0.1, -0.05) is 0 Å². The third-order valence-corrected chi connectivity index (χ3v) is 6.64. The number of nitrogens with zero attached hydrogens (tertiary/aromatic N) is 3. The van der Waals surface area contributed by atoms with E-state index in [9.17, 15) is 19.3 Å². The van der Waals surface area contributed by atoms with E-state index in [1.165, 1.54) is 6.33 Å². The van der Waals surface area contributed by atoms with Crippen molar-refractivity contribution in [2.24, 2.45) is 10.8 Å². The van der Waals surface area contributed by atoms with Gasteiger partial charge in [-0.05, 0) is 54.4 Å². The number of esters is 2. The zero-order valence-electron chi connectivity index (χ0n) is 25.1. The molecule has 2 unspecified atom stereocenters. The number of carbonyl (C=O) groups excluding carboxylic acids is 2. The number of ether oxygens (including phenoxy) is 3. The van der Waals surface area contributed by atoms with E-state index in [1.54, 1.807) is 46.1 Å². The fourth-order valence-electron chi connectivity index (χ4n) is 3.18. The predicted octanol–water partition coefficient (Wildman–Crippen LogP) is 1.41. The van der Waals surface area contributed by atoms with Gasteiger partial charge in [0.25, 0.3) is 5.56 Å². The molecule has 42 heavy (non-hydrogen) atoms. The Morgan fingerprint density at radius 3 is 2.05 bits per heavy atom. The molecule has 1 aliphatic heterocycles. The summed E-state index contributed by atoms with van der Waals surface area (Å²) in [4.78, 5) is 57.6. The molecule has 6 N–H and O–H groups in total. The van der Waals surface area contributed by atoms with Crippen molar-refractivity contribution in [2.75, 3.05) is 40.1 Å². The number of nitrogens with two attached hydrogens (primary N) is 1. The average Bonchev–Trinajstić information content (AvgIpc) is 3.56. The van der Waals surface area contributed by atoms with E-state index >= 15 is 0 Å². The van der Waals surface area contributed by atoms with Gasteiger partial charge in [-0.25, -0.2) is 4.98 Å². The van der Waals surface area contributed by atoms with Crippen molar-refractivity contribution in [3.63, 3.8) is 0 Å². The number of aromatic nitrogens is 4. The van der Waals surface area contributed by atoms with Gasteiger partial charge in [0.15, 0.2) is 11.2 Å². The molecule has 240 valence electrons. The summed E-state index contributed by atoms with van der Waals surface area (Å²) in [5, 5.41) is 14.0. The number of fused-ring (bicyclic) bond motifs is 1. The van der Waals surface area contributed by atoms with Crippen molar-refractivity contribution in [3.05, 3.63) is 16.7 Å². The molecule has 0 aliphatic carbocycles. The Labute approximate surface area is 243 Å². The van der Waals surface area contributed by atoms with Crippen LogP contribution in [0, 0.1) is 10.8 Å². The second-order valence-electron chi connectivity index (χ2n) is 10.7. The van der Waals surface area contributed by atoms with Crippen LogP contribution in [0.2, 0.25) is 0 Å². The summed E-state index contributed by atoms with van der Waals surface area (Å²) in [5.41, 5.74) is 4.00. The number of hydrogen-bond acceptors (Lipinski definition) is 15. The van der Waals surface area contributed by atoms with E-state index in [4.69, 9.17) is 43.7 Å². The Bertz CT molecular complexity index is 1180. The topological polar surface area (TPSA) is 240 Å². The second-order valence-corrected chi connectivity index (χ2v) is 12.4. The van der Waals surface area contributed by atoms with E-state index in [-0.39, 0.29) is 23.7 Å². The third-order valence-electron chi connectivity index (χ3n) is 5.31. The van der Waals surface area contributed by atoms with Crippen LogP contribution in [0.5, 0.6) is 0 Å². The molecule has 1 aliphatic rings. The molecular formula is C24H43N5O12P+. The molecule has 1 fully saturated rings. The molecule has 0 spiro atoms. The highest BCUT2D eigenvalue weighted by molar-refractivity contribution is 7.55. The lowest BCUT2D eigenvalue weighted by Gasteiger charge is -2.20. The van der Waals surface area contributed by atoms with Crippen LogP contribution in [-0.2, 0) is 37.4 Å². The van der Waals surface area contributed by atoms with Crippen LogP contribution in [-0.4, -0.2) is 87.1 Å². The van der Waals surface area contributed by atoms with Gasteiger partial charge in [0, 0.05) is 14.2 Å². The first-order chi connectivity index (χ1) is 19.6. The molecular weight excluding hydrogens is 581 g/mol. The summed E-state index contributed by atoms with van der Waals surface area (Å²) < 4.78 is 33.7. The van der Waals surface area contributed by atoms with E-state index in [1.807, 2.05) is 0 Å². The van der Waals surface area contributed by atoms with E-state index in [0.29, 0.717) is 12.8 Å². The first kappa shape index (κ1) is 37.3. The van der Waals surface area contributed by atoms with Gasteiger partial charge in [0.2, 0.25) is 19.5 Å². The van der Waals surface area contributed by atoms with Crippen molar-refractivity contribution < 1.29 is 52.5 Å². The standard InChI is InChI=1S/C22H34N5O10P.2CH4O/c1-21(2,3)18(29)32-11-35-38(31,36-12-33-19(30)22(4,5)6)34-9-13-7-8-14(37-13)27-10-24-15-16(27)25-20(23)26-17(15)28;2*1-2/h10,13-14,31H,7-9,11-12H2,1-6H3,(H2-,23,25,26,28);2*2H,1H3/p+1. The number of aromatic amines is 1. The van der Waals surface area contributed by atoms with Crippen LogP contribution in [0.25, 0.3) is 11.2 Å². The molecule has 0 radical (unpaired) electrons. The number of hydrogen-bond donors (Lipinski definition) is 5. The van der Waals surface area contributed by atoms with E-state index in [0.717, 1.165) is 14.2 Å². The van der Waals surface area contributed by atoms with Crippen molar-refractivity contribution in [3.8, 4) is 0 Å². The lowest BCUT2D eigenvalue weighted by atomic mass is 9.98. The maximum atomic E-state index is 12.0. The van der Waals surface area contributed by atoms with E-state index < -0.39 is 62.4 Å². The molecule has 2 atom stereocenters. The number of carbonyl (C=O) groups is 2. The molecule has 18 heteroatoms. The molecule has 1 saturated heterocycles. The number of H-pyrrole nitrogens is 1. The summed E-state index contributed by atoms with van der Waals surface area (Å²) in [6.07, 6.45) is 1.45. The largest absolute Gasteiger partial charge is 0.579 e. The minimum absolute atomic E-state index is 0.0504. The number of rotatable bonds is 10. The quantitative estimate of drug-likeness (QED) is 0.143. The fourth-order valence-corrected chi connectivity index (χ4v) is 4.13. The van der Waals surface area contributed by atoms with Crippen molar-refractivity contribution in [2.45, 2.75) is 66.7 Å². The Kier molecular flexibility index (Phi) is 14.4. The van der Waals surface area contributed by atoms with Gasteiger partial charge in [-0.15, -0.1) is 9.05 Å². The molecule has 3 heterocycles. The van der Waals surface area contributed by atoms with E-state index in [2.05, 4.69) is 15.0 Å². The zero-order chi connectivity index (χ0) is 32.3. The zero-order valence-corrected chi connectivity index (χ0v) is 26.0. The first-order valence-electron chi connectivity index (χ1n) is 12.8. The lowest BCUT2D eigenvalue weighted by molar-refractivity contribution is -0.165. The highest BCUT2D eigenvalue weighted by atomic mass is 31.2. The van der Waals surface area contributed by atoms with Crippen LogP contribution in [0.3, 0.4) is 0 Å². The lowest BCUT2D eigenvalue weighted by Crippen LogP contribution is -2.26. The van der Waals surface area contributed by atoms with Gasteiger partial charge >= 0.3 is 20.1 Å². The molecule has 0 bridgehead atoms. The Morgan fingerprint density at radius 1 is 1.02 bits per heavy atom. The predicted molar refractivity (Wildman–Crippen MR) is 150 cm³/mol. The number of aliphatic hydroxyl groups is 2. The van der Waals surface area contributed by atoms with Crippen LogP contribution < -0.4 is 11.3 Å². The van der Waals surface area contributed by atoms with Gasteiger partial charge in [-0.3, -0.25) is 23.9 Å². The molecule has 0 saturated carbocycles. The third kappa shape index (κ3) is 10.8. The van der Waals surface area contributed by atoms with Crippen molar-refractivity contribution in [1.29, 1.82) is 0 Å². The monoisotopic (exact) mass is 624 g/mol. The van der Waals surface area contributed by atoms with Crippen molar-refractivity contribution >= 4 is 37.2 Å². The number of anilines is 1. The Hall–Kier alpha value is -2.76. The Balaban J connectivity index is 0.00000211. The summed E-state index contributed by atoms with van der Waals surface area (Å²) in [7, 11) is -2.10. The molecule has 17 nitrogen and oxygen atoms in total. The van der Waals surface area contributed by atoms with Crippen LogP contribution >= 0.6 is 8.17 Å². The van der Waals surface area contributed by atoms with Crippen molar-refractivity contribution in [1.82, 2.24) is 19.5 Å². The minimum Gasteiger partial charge on any atom is -0.433 e. The van der Waals surface area contributed by atoms with Gasteiger partial charge < -0.3 is 30.2 Å². The molecule has 0 amide bonds. The van der Waals surface area contributed by atoms with Crippen LogP contribution in [0.15, 0.2) is 11.1 Å². The molecule has 0 aromatic carbocycles. The minimum atomic E-state index is -4.10. The maximum Gasteiger partial charge on any atom is 0.579 e. The van der Waals surface area contributed by atoms with Crippen LogP contribution in [0.1, 0.15) is 60.6 Å². The number of nitrogens with one attached hydrogen (secondary N) is 1. The summed E-state index contributed by atoms with van der Waals surface area (Å²) in [6, 6.07) is 0. The smallest absolute Gasteiger partial charge is 0.433 e. The summed E-state index contributed by atoms with van der Waals surface area (Å²) in [6.45, 7) is 8.50. The maximum absolute atomic E-state index is 12.0. The second kappa shape index (κ2) is 16.2. The normalized spacial score (nSPS) is 17.1. The fraction of sp³-hybridized carbons (Fsp3) is 0.708. The highest BCUT2D eigenvalue weighted by Crippen LogP contribution is 2.58. The van der Waals surface area contributed by atoms with Gasteiger partial charge in [0.1, 0.15) is 12.8 Å². The highest BCUT2D eigenvalue weighted by Gasteiger charge is 2.48.